The highest BCUT2D eigenvalue weighted by Crippen LogP contribution is 2.36. The average Bonchev–Trinajstić information content (AvgIpc) is 3.29. The minimum Gasteiger partial charge on any atom is -0.496 e. The molecule has 1 fully saturated rings. The Kier molecular flexibility index (Phi) is 8.35. The molecule has 1 aliphatic carbocycles. The van der Waals surface area contributed by atoms with Crippen LogP contribution < -0.4 is 21.1 Å². The topological polar surface area (TPSA) is 128 Å². The van der Waals surface area contributed by atoms with E-state index in [1.807, 2.05) is 60.7 Å². The van der Waals surface area contributed by atoms with Crippen molar-refractivity contribution in [2.75, 3.05) is 12.0 Å². The van der Waals surface area contributed by atoms with Gasteiger partial charge in [0.2, 0.25) is 0 Å². The molecule has 0 radical (unpaired) electrons. The molecule has 0 aliphatic heterocycles. The first-order chi connectivity index (χ1) is 19.9. The normalized spacial score (nSPS) is 17.1. The number of amides is 1. The standard InChI is InChI=1S/C32H33N3O6/c1-40-29-19-28-30(18-23(29)20-36)41-32(39)34(28)16-6-5-7-21-10-15-26(22-8-3-2-4-9-22)27(17-21)35(31(37)38)25-13-11-24(33)12-14-25/h2-5,7-10,15,17-20,24-25H,6,11-14,16,33H2,1H3,(H,37,38). The maximum Gasteiger partial charge on any atom is 0.419 e. The van der Waals surface area contributed by atoms with Crippen LogP contribution in [0.4, 0.5) is 10.5 Å². The molecular formula is C32H33N3O6. The predicted molar refractivity (Wildman–Crippen MR) is 159 cm³/mol. The number of allylic oxidation sites excluding steroid dienone is 1. The van der Waals surface area contributed by atoms with Gasteiger partial charge >= 0.3 is 11.8 Å². The number of nitrogens with two attached hydrogens (primary N) is 1. The fourth-order valence-corrected chi connectivity index (χ4v) is 5.54. The number of hydrogen-bond donors (Lipinski definition) is 2. The van der Waals surface area contributed by atoms with Crippen molar-refractivity contribution in [1.82, 2.24) is 4.57 Å². The van der Waals surface area contributed by atoms with Gasteiger partial charge in [0.1, 0.15) is 5.75 Å². The highest BCUT2D eigenvalue weighted by atomic mass is 16.5. The van der Waals surface area contributed by atoms with Gasteiger partial charge in [0.05, 0.1) is 23.9 Å². The molecule has 1 heterocycles. The lowest BCUT2D eigenvalue weighted by Gasteiger charge is -2.35. The summed E-state index contributed by atoms with van der Waals surface area (Å²) < 4.78 is 12.1. The second kappa shape index (κ2) is 12.3. The number of rotatable bonds is 9. The molecule has 0 spiro atoms. The lowest BCUT2D eigenvalue weighted by Crippen LogP contribution is -2.44. The van der Waals surface area contributed by atoms with Gasteiger partial charge in [-0.15, -0.1) is 0 Å². The summed E-state index contributed by atoms with van der Waals surface area (Å²) in [6, 6.07) is 18.7. The quantitative estimate of drug-likeness (QED) is 0.245. The Morgan fingerprint density at radius 2 is 1.88 bits per heavy atom. The molecule has 9 heteroatoms. The number of anilines is 1. The van der Waals surface area contributed by atoms with Crippen LogP contribution in [0.25, 0.3) is 28.3 Å². The highest BCUT2D eigenvalue weighted by Gasteiger charge is 2.30. The fourth-order valence-electron chi connectivity index (χ4n) is 5.54. The Hall–Kier alpha value is -4.63. The van der Waals surface area contributed by atoms with E-state index in [9.17, 15) is 19.5 Å². The molecule has 41 heavy (non-hydrogen) atoms. The van der Waals surface area contributed by atoms with E-state index in [1.54, 1.807) is 6.07 Å². The van der Waals surface area contributed by atoms with Crippen molar-refractivity contribution in [3.63, 3.8) is 0 Å². The molecule has 4 aromatic rings. The van der Waals surface area contributed by atoms with E-state index < -0.39 is 11.8 Å². The summed E-state index contributed by atoms with van der Waals surface area (Å²) >= 11 is 0. The van der Waals surface area contributed by atoms with Crippen molar-refractivity contribution >= 4 is 35.2 Å². The SMILES string of the molecule is COc1cc2c(cc1C=O)oc(=O)n2CCC=Cc1ccc(-c2ccccc2)c(N(C(=O)O)C2CCC(N)CC2)c1. The van der Waals surface area contributed by atoms with Gasteiger partial charge < -0.3 is 20.0 Å². The Morgan fingerprint density at radius 3 is 2.56 bits per heavy atom. The van der Waals surface area contributed by atoms with Crippen molar-refractivity contribution in [1.29, 1.82) is 0 Å². The third kappa shape index (κ3) is 5.95. The lowest BCUT2D eigenvalue weighted by molar-refractivity contribution is 0.112. The van der Waals surface area contributed by atoms with Crippen molar-refractivity contribution in [3.05, 3.63) is 88.4 Å². The summed E-state index contributed by atoms with van der Waals surface area (Å²) in [7, 11) is 1.46. The number of carbonyl (C=O) groups is 2. The van der Waals surface area contributed by atoms with Gasteiger partial charge in [-0.05, 0) is 55.4 Å². The second-order valence-corrected chi connectivity index (χ2v) is 10.3. The highest BCUT2D eigenvalue weighted by molar-refractivity contribution is 5.94. The third-order valence-corrected chi connectivity index (χ3v) is 7.66. The molecule has 1 aliphatic rings. The number of aromatic nitrogens is 1. The number of nitrogens with zero attached hydrogens (tertiary/aromatic N) is 2. The number of aldehydes is 1. The number of benzene rings is 3. The zero-order chi connectivity index (χ0) is 28.9. The molecule has 3 aromatic carbocycles. The Bertz CT molecular complexity index is 1630. The molecule has 0 atom stereocenters. The summed E-state index contributed by atoms with van der Waals surface area (Å²) in [5.41, 5.74) is 10.6. The minimum atomic E-state index is -0.983. The zero-order valence-electron chi connectivity index (χ0n) is 22.9. The van der Waals surface area contributed by atoms with Crippen LogP contribution in [0.2, 0.25) is 0 Å². The summed E-state index contributed by atoms with van der Waals surface area (Å²) in [5, 5.41) is 10.3. The van der Waals surface area contributed by atoms with Crippen LogP contribution in [0.1, 0.15) is 48.0 Å². The molecule has 3 N–H and O–H groups in total. The number of carbonyl (C=O) groups excluding carboxylic acids is 1. The molecule has 9 nitrogen and oxygen atoms in total. The summed E-state index contributed by atoms with van der Waals surface area (Å²) in [6.45, 7) is 0.352. The summed E-state index contributed by atoms with van der Waals surface area (Å²) in [4.78, 5) is 37.9. The van der Waals surface area contributed by atoms with Crippen LogP contribution in [0.15, 0.2) is 76.0 Å². The minimum absolute atomic E-state index is 0.109. The maximum atomic E-state index is 12.6. The zero-order valence-corrected chi connectivity index (χ0v) is 22.9. The molecule has 212 valence electrons. The van der Waals surface area contributed by atoms with Crippen LogP contribution in [-0.4, -0.2) is 41.2 Å². The monoisotopic (exact) mass is 555 g/mol. The molecule has 0 saturated heterocycles. The lowest BCUT2D eigenvalue weighted by atomic mass is 9.89. The number of carboxylic acid groups (broad SMARTS) is 1. The molecule has 1 amide bonds. The van der Waals surface area contributed by atoms with E-state index in [4.69, 9.17) is 14.9 Å². The molecule has 0 unspecified atom stereocenters. The van der Waals surface area contributed by atoms with E-state index in [2.05, 4.69) is 0 Å². The van der Waals surface area contributed by atoms with Crippen LogP contribution in [0, 0.1) is 0 Å². The first-order valence-corrected chi connectivity index (χ1v) is 13.7. The number of oxazole rings is 1. The second-order valence-electron chi connectivity index (χ2n) is 10.3. The molecule has 0 bridgehead atoms. The maximum absolute atomic E-state index is 12.6. The molecule has 5 rings (SSSR count). The number of aryl methyl sites for hydroxylation is 1. The van der Waals surface area contributed by atoms with Crippen LogP contribution in [-0.2, 0) is 6.54 Å². The fraction of sp³-hybridized carbons (Fsp3) is 0.281. The Labute approximate surface area is 237 Å². The van der Waals surface area contributed by atoms with Crippen molar-refractivity contribution in [2.45, 2.75) is 50.7 Å². The van der Waals surface area contributed by atoms with Gasteiger partial charge in [0, 0.05) is 30.3 Å². The van der Waals surface area contributed by atoms with Gasteiger partial charge in [-0.3, -0.25) is 14.3 Å². The molecular weight excluding hydrogens is 522 g/mol. The first-order valence-electron chi connectivity index (χ1n) is 13.7. The van der Waals surface area contributed by atoms with Gasteiger partial charge in [-0.25, -0.2) is 9.59 Å². The molecule has 1 saturated carbocycles. The number of methoxy groups -OCH3 is 1. The number of ether oxygens (including phenoxy) is 1. The van der Waals surface area contributed by atoms with Gasteiger partial charge in [-0.1, -0.05) is 54.6 Å². The van der Waals surface area contributed by atoms with E-state index in [1.165, 1.54) is 22.6 Å². The Balaban J connectivity index is 1.42. The van der Waals surface area contributed by atoms with Crippen LogP contribution in [0.3, 0.4) is 0 Å². The smallest absolute Gasteiger partial charge is 0.419 e. The van der Waals surface area contributed by atoms with Gasteiger partial charge in [0.15, 0.2) is 11.9 Å². The summed E-state index contributed by atoms with van der Waals surface area (Å²) in [6.07, 6.45) is 7.07. The number of hydrogen-bond acceptors (Lipinski definition) is 6. The van der Waals surface area contributed by atoms with Crippen LogP contribution >= 0.6 is 0 Å². The first kappa shape index (κ1) is 27.9. The van der Waals surface area contributed by atoms with E-state index in [0.29, 0.717) is 60.2 Å². The van der Waals surface area contributed by atoms with E-state index in [-0.39, 0.29) is 12.1 Å². The largest absolute Gasteiger partial charge is 0.496 e. The third-order valence-electron chi connectivity index (χ3n) is 7.66. The summed E-state index contributed by atoms with van der Waals surface area (Å²) in [5.74, 6) is -0.149. The Morgan fingerprint density at radius 1 is 1.12 bits per heavy atom. The van der Waals surface area contributed by atoms with Gasteiger partial charge in [-0.2, -0.15) is 0 Å². The predicted octanol–water partition coefficient (Wildman–Crippen LogP) is 5.94. The van der Waals surface area contributed by atoms with Crippen molar-refractivity contribution in [3.8, 4) is 16.9 Å². The van der Waals surface area contributed by atoms with E-state index in [0.717, 1.165) is 29.5 Å². The van der Waals surface area contributed by atoms with E-state index >= 15 is 0 Å². The molecule has 1 aromatic heterocycles. The average molecular weight is 556 g/mol. The van der Waals surface area contributed by atoms with Crippen molar-refractivity contribution < 1.29 is 23.8 Å². The van der Waals surface area contributed by atoms with Crippen molar-refractivity contribution in [2.24, 2.45) is 5.73 Å². The van der Waals surface area contributed by atoms with Crippen LogP contribution in [0.5, 0.6) is 5.75 Å². The van der Waals surface area contributed by atoms with Gasteiger partial charge in [0.25, 0.3) is 0 Å². The number of fused-ring (bicyclic) bond motifs is 1.